The molecule has 0 unspecified atom stereocenters. The average molecular weight is 656 g/mol. The maximum atomic E-state index is 14.2. The number of rotatable bonds is 15. The molecule has 4 rings (SSSR count). The Morgan fingerprint density at radius 2 is 1.38 bits per heavy atom. The molecule has 0 saturated heterocycles. The predicted molar refractivity (Wildman–Crippen MR) is 185 cm³/mol. The van der Waals surface area contributed by atoms with Gasteiger partial charge in [-0.05, 0) is 82.6 Å². The molecule has 1 aliphatic rings. The topological polar surface area (TPSA) is 114 Å². The van der Waals surface area contributed by atoms with E-state index in [1.165, 1.54) is 0 Å². The number of fused-ring (bicyclic) bond motifs is 1. The highest BCUT2D eigenvalue weighted by Gasteiger charge is 2.36. The molecule has 0 radical (unpaired) electrons. The van der Waals surface area contributed by atoms with Gasteiger partial charge in [-0.15, -0.1) is 0 Å². The smallest absolute Gasteiger partial charge is 0.329 e. The normalized spacial score (nSPS) is 14.7. The Balaban J connectivity index is 1.53. The number of amides is 2. The Bertz CT molecular complexity index is 1500. The van der Waals surface area contributed by atoms with Crippen molar-refractivity contribution in [1.29, 1.82) is 0 Å². The highest BCUT2D eigenvalue weighted by molar-refractivity contribution is 5.90. The van der Waals surface area contributed by atoms with Gasteiger partial charge in [-0.1, -0.05) is 84.9 Å². The van der Waals surface area contributed by atoms with Gasteiger partial charge in [0, 0.05) is 12.5 Å². The summed E-state index contributed by atoms with van der Waals surface area (Å²) in [4.78, 5) is 55.8. The van der Waals surface area contributed by atoms with Crippen LogP contribution in [0.15, 0.2) is 84.9 Å². The summed E-state index contributed by atoms with van der Waals surface area (Å²) in [6.45, 7) is 8.77. The molecule has 3 aromatic carbocycles. The molecule has 3 atom stereocenters. The second-order valence-electron chi connectivity index (χ2n) is 13.4. The Kier molecular flexibility index (Phi) is 12.9. The van der Waals surface area contributed by atoms with Crippen LogP contribution in [0.25, 0.3) is 0 Å². The number of nitrogens with zero attached hydrogens (tertiary/aromatic N) is 1. The summed E-state index contributed by atoms with van der Waals surface area (Å²) in [6.07, 6.45) is 2.49. The van der Waals surface area contributed by atoms with E-state index in [-0.39, 0.29) is 31.5 Å². The van der Waals surface area contributed by atoms with Gasteiger partial charge < -0.3 is 19.7 Å². The molecule has 9 heteroatoms. The van der Waals surface area contributed by atoms with Gasteiger partial charge in [0.15, 0.2) is 0 Å². The molecule has 9 nitrogen and oxygen atoms in total. The van der Waals surface area contributed by atoms with Crippen LogP contribution in [-0.2, 0) is 54.3 Å². The van der Waals surface area contributed by atoms with Crippen molar-refractivity contribution in [1.82, 2.24) is 15.5 Å². The lowest BCUT2D eigenvalue weighted by molar-refractivity contribution is -0.158. The van der Waals surface area contributed by atoms with Crippen LogP contribution < -0.4 is 10.6 Å². The van der Waals surface area contributed by atoms with Crippen molar-refractivity contribution in [2.75, 3.05) is 13.2 Å². The van der Waals surface area contributed by atoms with Crippen molar-refractivity contribution in [3.05, 3.63) is 107 Å². The molecule has 2 amide bonds. The first-order valence-electron chi connectivity index (χ1n) is 16.8. The predicted octanol–water partition coefficient (Wildman–Crippen LogP) is 4.59. The van der Waals surface area contributed by atoms with E-state index in [0.29, 0.717) is 25.7 Å². The van der Waals surface area contributed by atoms with Crippen LogP contribution in [0.4, 0.5) is 0 Å². The second kappa shape index (κ2) is 17.1. The summed E-state index contributed by atoms with van der Waals surface area (Å²) < 4.78 is 11.0. The van der Waals surface area contributed by atoms with Gasteiger partial charge in [0.1, 0.15) is 17.7 Å². The lowest BCUT2D eigenvalue weighted by Gasteiger charge is -2.33. The number of nitrogens with one attached hydrogen (secondary N) is 2. The Morgan fingerprint density at radius 3 is 1.94 bits per heavy atom. The van der Waals surface area contributed by atoms with E-state index >= 15 is 0 Å². The monoisotopic (exact) mass is 655 g/mol. The minimum absolute atomic E-state index is 0.221. The first-order chi connectivity index (χ1) is 22.9. The van der Waals surface area contributed by atoms with Crippen LogP contribution in [0.5, 0.6) is 0 Å². The quantitative estimate of drug-likeness (QED) is 0.230. The summed E-state index contributed by atoms with van der Waals surface area (Å²) in [5, 5.41) is 6.08. The van der Waals surface area contributed by atoms with Gasteiger partial charge >= 0.3 is 11.9 Å². The summed E-state index contributed by atoms with van der Waals surface area (Å²) >= 11 is 0. The van der Waals surface area contributed by atoms with Gasteiger partial charge in [-0.25, -0.2) is 4.79 Å². The molecule has 1 aliphatic carbocycles. The standard InChI is InChI=1S/C39H49N3O6/c1-6-47-37(45)33(22-21-28-15-9-7-10-16-28)40-27(2)36(44)42(32-24-30-19-13-14-20-31(30)25-32)26-35(43)41-34(38(46)48-39(3,4)5)23-29-17-11-8-12-18-29/h7-20,27,32-34,40H,6,21-26H2,1-5H3,(H,41,43)/t27-,33-,34-/m0/s1. The maximum absolute atomic E-state index is 14.2. The Morgan fingerprint density at radius 1 is 0.812 bits per heavy atom. The van der Waals surface area contributed by atoms with Gasteiger partial charge in [-0.3, -0.25) is 19.7 Å². The molecule has 0 fully saturated rings. The number of ether oxygens (including phenoxy) is 2. The molecule has 0 heterocycles. The van der Waals surface area contributed by atoms with Crippen LogP contribution in [-0.4, -0.2) is 71.6 Å². The van der Waals surface area contributed by atoms with E-state index < -0.39 is 41.6 Å². The van der Waals surface area contributed by atoms with E-state index in [2.05, 4.69) is 10.6 Å². The Labute approximate surface area is 284 Å². The highest BCUT2D eigenvalue weighted by Crippen LogP contribution is 2.26. The van der Waals surface area contributed by atoms with Crippen molar-refractivity contribution in [3.63, 3.8) is 0 Å². The number of carbonyl (C=O) groups is 4. The van der Waals surface area contributed by atoms with Crippen LogP contribution in [0, 0.1) is 0 Å². The number of aryl methyl sites for hydroxylation is 1. The summed E-state index contributed by atoms with van der Waals surface area (Å²) in [5.41, 5.74) is 3.45. The highest BCUT2D eigenvalue weighted by atomic mass is 16.6. The molecule has 0 aliphatic heterocycles. The van der Waals surface area contributed by atoms with E-state index in [9.17, 15) is 19.2 Å². The molecule has 3 aromatic rings. The second-order valence-corrected chi connectivity index (χ2v) is 13.4. The average Bonchev–Trinajstić information content (AvgIpc) is 3.49. The molecule has 0 saturated carbocycles. The number of benzene rings is 3. The molecule has 0 aromatic heterocycles. The third-order valence-corrected chi connectivity index (χ3v) is 8.33. The SMILES string of the molecule is CCOC(=O)[C@H](CCc1ccccc1)N[C@@H](C)C(=O)N(CC(=O)N[C@@H](Cc1ccccc1)C(=O)OC(C)(C)C)C1Cc2ccccc2C1. The zero-order valence-electron chi connectivity index (χ0n) is 28.7. The van der Waals surface area contributed by atoms with Crippen LogP contribution in [0.3, 0.4) is 0 Å². The fraction of sp³-hybridized carbons (Fsp3) is 0.436. The van der Waals surface area contributed by atoms with Gasteiger partial charge in [0.05, 0.1) is 19.2 Å². The molecule has 2 N–H and O–H groups in total. The Hall–Kier alpha value is -4.50. The van der Waals surface area contributed by atoms with E-state index in [4.69, 9.17) is 9.47 Å². The first-order valence-corrected chi connectivity index (χ1v) is 16.8. The third kappa shape index (κ3) is 10.8. The lowest BCUT2D eigenvalue weighted by atomic mass is 10.0. The minimum atomic E-state index is -0.946. The molecule has 48 heavy (non-hydrogen) atoms. The van der Waals surface area contributed by atoms with Crippen molar-refractivity contribution in [2.24, 2.45) is 0 Å². The summed E-state index contributed by atoms with van der Waals surface area (Å²) in [6, 6.07) is 24.5. The summed E-state index contributed by atoms with van der Waals surface area (Å²) in [5.74, 6) is -1.75. The molecule has 256 valence electrons. The fourth-order valence-electron chi connectivity index (χ4n) is 6.04. The number of esters is 2. The van der Waals surface area contributed by atoms with E-state index in [1.807, 2.05) is 84.9 Å². The van der Waals surface area contributed by atoms with Gasteiger partial charge in [0.25, 0.3) is 0 Å². The number of carbonyl (C=O) groups excluding carboxylic acids is 4. The van der Waals surface area contributed by atoms with Crippen LogP contribution in [0.1, 0.15) is 63.3 Å². The number of hydrogen-bond donors (Lipinski definition) is 2. The zero-order chi connectivity index (χ0) is 34.7. The zero-order valence-corrected chi connectivity index (χ0v) is 28.7. The van der Waals surface area contributed by atoms with Gasteiger partial charge in [0.2, 0.25) is 11.8 Å². The largest absolute Gasteiger partial charge is 0.465 e. The van der Waals surface area contributed by atoms with Crippen molar-refractivity contribution in [2.45, 2.75) is 96.5 Å². The lowest BCUT2D eigenvalue weighted by Crippen LogP contribution is -2.57. The third-order valence-electron chi connectivity index (χ3n) is 8.33. The first kappa shape index (κ1) is 36.3. The minimum Gasteiger partial charge on any atom is -0.465 e. The van der Waals surface area contributed by atoms with Crippen molar-refractivity contribution < 1.29 is 28.7 Å². The van der Waals surface area contributed by atoms with Crippen LogP contribution in [0.2, 0.25) is 0 Å². The molecule has 0 bridgehead atoms. The maximum Gasteiger partial charge on any atom is 0.329 e. The van der Waals surface area contributed by atoms with Crippen molar-refractivity contribution >= 4 is 23.8 Å². The van der Waals surface area contributed by atoms with E-state index in [0.717, 1.165) is 22.3 Å². The molecule has 0 spiro atoms. The van der Waals surface area contributed by atoms with Crippen LogP contribution >= 0.6 is 0 Å². The number of hydrogen-bond acceptors (Lipinski definition) is 7. The van der Waals surface area contributed by atoms with Crippen molar-refractivity contribution in [3.8, 4) is 0 Å². The van der Waals surface area contributed by atoms with E-state index in [1.54, 1.807) is 39.5 Å². The molecular formula is C39H49N3O6. The summed E-state index contributed by atoms with van der Waals surface area (Å²) in [7, 11) is 0. The fourth-order valence-corrected chi connectivity index (χ4v) is 6.04. The van der Waals surface area contributed by atoms with Gasteiger partial charge in [-0.2, -0.15) is 0 Å². The molecular weight excluding hydrogens is 606 g/mol.